The van der Waals surface area contributed by atoms with Crippen molar-refractivity contribution >= 4 is 9.84 Å². The van der Waals surface area contributed by atoms with Gasteiger partial charge in [-0.25, -0.2) is 8.42 Å². The Morgan fingerprint density at radius 3 is 2.17 bits per heavy atom. The zero-order valence-electron chi connectivity index (χ0n) is 12.9. The molecule has 0 fully saturated rings. The Kier molecular flexibility index (Phi) is 7.45. The van der Waals surface area contributed by atoms with Crippen molar-refractivity contribution in [1.29, 1.82) is 0 Å². The molecule has 18 heavy (non-hydrogen) atoms. The Hall–Kier alpha value is -0.0900. The first-order valence-electron chi connectivity index (χ1n) is 6.94. The molecule has 0 aliphatic carbocycles. The summed E-state index contributed by atoms with van der Waals surface area (Å²) in [5, 5.41) is 3.41. The van der Waals surface area contributed by atoms with E-state index in [1.807, 2.05) is 0 Å². The maximum absolute atomic E-state index is 11.2. The van der Waals surface area contributed by atoms with Gasteiger partial charge in [0.15, 0.2) is 0 Å². The largest absolute Gasteiger partial charge is 0.314 e. The molecular formula is C14H31NO2S. The smallest absolute Gasteiger partial charge is 0.147 e. The van der Waals surface area contributed by atoms with Crippen LogP contribution in [0.4, 0.5) is 0 Å². The molecule has 0 amide bonds. The first kappa shape index (κ1) is 17.9. The minimum absolute atomic E-state index is 0.285. The van der Waals surface area contributed by atoms with E-state index in [2.05, 4.69) is 39.9 Å². The average Bonchev–Trinajstić information content (AvgIpc) is 2.10. The summed E-state index contributed by atoms with van der Waals surface area (Å²) >= 11 is 0. The van der Waals surface area contributed by atoms with Crippen LogP contribution in [0.2, 0.25) is 0 Å². The highest BCUT2D eigenvalue weighted by Gasteiger charge is 2.19. The second-order valence-electron chi connectivity index (χ2n) is 6.78. The molecule has 1 N–H and O–H groups in total. The van der Waals surface area contributed by atoms with E-state index >= 15 is 0 Å². The predicted octanol–water partition coefficient (Wildman–Crippen LogP) is 2.86. The lowest BCUT2D eigenvalue weighted by atomic mass is 9.82. The quantitative estimate of drug-likeness (QED) is 0.742. The molecule has 0 aromatic heterocycles. The minimum Gasteiger partial charge on any atom is -0.314 e. The maximum atomic E-state index is 11.2. The van der Waals surface area contributed by atoms with E-state index < -0.39 is 9.84 Å². The van der Waals surface area contributed by atoms with Gasteiger partial charge in [-0.15, -0.1) is 0 Å². The van der Waals surface area contributed by atoms with Crippen LogP contribution in [0.15, 0.2) is 0 Å². The number of nitrogens with one attached hydrogen (secondary N) is 1. The Morgan fingerprint density at radius 2 is 1.78 bits per heavy atom. The summed E-state index contributed by atoms with van der Waals surface area (Å²) in [6.07, 6.45) is 4.27. The van der Waals surface area contributed by atoms with E-state index in [-0.39, 0.29) is 5.75 Å². The third kappa shape index (κ3) is 11.0. The molecule has 0 saturated heterocycles. The zero-order chi connectivity index (χ0) is 14.4. The molecule has 0 rings (SSSR count). The first-order chi connectivity index (χ1) is 8.03. The molecule has 0 aliphatic heterocycles. The van der Waals surface area contributed by atoms with E-state index in [1.54, 1.807) is 0 Å². The van der Waals surface area contributed by atoms with Gasteiger partial charge in [-0.05, 0) is 37.1 Å². The Morgan fingerprint density at radius 1 is 1.22 bits per heavy atom. The van der Waals surface area contributed by atoms with E-state index in [0.29, 0.717) is 17.4 Å². The second kappa shape index (κ2) is 7.49. The molecule has 0 aromatic rings. The SMILES string of the molecule is CCNC(CCS(C)(=O)=O)CC(C)CC(C)(C)C. The molecule has 2 unspecified atom stereocenters. The molecule has 0 radical (unpaired) electrons. The van der Waals surface area contributed by atoms with Gasteiger partial charge in [-0.1, -0.05) is 34.6 Å². The molecule has 0 bridgehead atoms. The van der Waals surface area contributed by atoms with Gasteiger partial charge < -0.3 is 5.32 Å². The normalized spacial score (nSPS) is 16.6. The fourth-order valence-corrected chi connectivity index (χ4v) is 3.28. The Balaban J connectivity index is 4.26. The summed E-state index contributed by atoms with van der Waals surface area (Å²) in [5.41, 5.74) is 0.340. The van der Waals surface area contributed by atoms with Crippen LogP contribution in [0.1, 0.15) is 53.9 Å². The van der Waals surface area contributed by atoms with Gasteiger partial charge in [0, 0.05) is 12.3 Å². The summed E-state index contributed by atoms with van der Waals surface area (Å²) < 4.78 is 22.5. The summed E-state index contributed by atoms with van der Waals surface area (Å²) in [4.78, 5) is 0. The van der Waals surface area contributed by atoms with Gasteiger partial charge >= 0.3 is 0 Å². The number of hydrogen-bond donors (Lipinski definition) is 1. The highest BCUT2D eigenvalue weighted by atomic mass is 32.2. The number of hydrogen-bond acceptors (Lipinski definition) is 3. The molecule has 4 heteroatoms. The van der Waals surface area contributed by atoms with Crippen LogP contribution in [0.3, 0.4) is 0 Å². The zero-order valence-corrected chi connectivity index (χ0v) is 13.7. The lowest BCUT2D eigenvalue weighted by Gasteiger charge is -2.27. The van der Waals surface area contributed by atoms with E-state index in [1.165, 1.54) is 12.7 Å². The van der Waals surface area contributed by atoms with Crippen molar-refractivity contribution in [2.24, 2.45) is 11.3 Å². The molecule has 0 aliphatic rings. The highest BCUT2D eigenvalue weighted by Crippen LogP contribution is 2.27. The van der Waals surface area contributed by atoms with Crippen LogP contribution in [0.5, 0.6) is 0 Å². The fraction of sp³-hybridized carbons (Fsp3) is 1.00. The van der Waals surface area contributed by atoms with E-state index in [0.717, 1.165) is 19.4 Å². The molecule has 3 nitrogen and oxygen atoms in total. The summed E-state index contributed by atoms with van der Waals surface area (Å²) in [7, 11) is -2.85. The monoisotopic (exact) mass is 277 g/mol. The molecule has 110 valence electrons. The molecule has 0 spiro atoms. The van der Waals surface area contributed by atoms with Gasteiger partial charge in [-0.2, -0.15) is 0 Å². The third-order valence-electron chi connectivity index (χ3n) is 2.98. The lowest BCUT2D eigenvalue weighted by molar-refractivity contribution is 0.274. The molecular weight excluding hydrogens is 246 g/mol. The predicted molar refractivity (Wildman–Crippen MR) is 79.6 cm³/mol. The Bertz CT molecular complexity index is 317. The third-order valence-corrected chi connectivity index (χ3v) is 3.95. The van der Waals surface area contributed by atoms with Crippen LogP contribution in [0.25, 0.3) is 0 Å². The molecule has 0 heterocycles. The van der Waals surface area contributed by atoms with Crippen molar-refractivity contribution in [1.82, 2.24) is 5.32 Å². The summed E-state index contributed by atoms with van der Waals surface area (Å²) in [5.74, 6) is 0.904. The van der Waals surface area contributed by atoms with Crippen LogP contribution in [-0.4, -0.2) is 33.0 Å². The fourth-order valence-electron chi connectivity index (χ4n) is 2.56. The van der Waals surface area contributed by atoms with Gasteiger partial charge in [0.05, 0.1) is 5.75 Å². The van der Waals surface area contributed by atoms with Crippen molar-refractivity contribution in [2.45, 2.75) is 59.9 Å². The summed E-state index contributed by atoms with van der Waals surface area (Å²) in [6, 6.07) is 0.321. The number of sulfone groups is 1. The Labute approximate surface area is 114 Å². The van der Waals surface area contributed by atoms with Crippen molar-refractivity contribution in [2.75, 3.05) is 18.6 Å². The van der Waals surface area contributed by atoms with Crippen LogP contribution < -0.4 is 5.32 Å². The first-order valence-corrected chi connectivity index (χ1v) is 9.00. The van der Waals surface area contributed by atoms with Crippen LogP contribution >= 0.6 is 0 Å². The van der Waals surface area contributed by atoms with Gasteiger partial charge in [0.25, 0.3) is 0 Å². The highest BCUT2D eigenvalue weighted by molar-refractivity contribution is 7.90. The summed E-state index contributed by atoms with van der Waals surface area (Å²) in [6.45, 7) is 12.0. The van der Waals surface area contributed by atoms with Gasteiger partial charge in [0.2, 0.25) is 0 Å². The van der Waals surface area contributed by atoms with Crippen LogP contribution in [0, 0.1) is 11.3 Å². The number of rotatable bonds is 8. The topological polar surface area (TPSA) is 46.2 Å². The van der Waals surface area contributed by atoms with Crippen molar-refractivity contribution < 1.29 is 8.42 Å². The van der Waals surface area contributed by atoms with Gasteiger partial charge in [-0.3, -0.25) is 0 Å². The van der Waals surface area contributed by atoms with Gasteiger partial charge in [0.1, 0.15) is 9.84 Å². The minimum atomic E-state index is -2.85. The van der Waals surface area contributed by atoms with Crippen molar-refractivity contribution in [3.8, 4) is 0 Å². The maximum Gasteiger partial charge on any atom is 0.147 e. The van der Waals surface area contributed by atoms with Crippen LogP contribution in [-0.2, 0) is 9.84 Å². The standard InChI is InChI=1S/C14H31NO2S/c1-7-15-13(8-9-18(6,16)17)10-12(2)11-14(3,4)5/h12-13,15H,7-11H2,1-6H3. The lowest BCUT2D eigenvalue weighted by Crippen LogP contribution is -2.33. The van der Waals surface area contributed by atoms with E-state index in [9.17, 15) is 8.42 Å². The van der Waals surface area contributed by atoms with Crippen molar-refractivity contribution in [3.05, 3.63) is 0 Å². The second-order valence-corrected chi connectivity index (χ2v) is 9.04. The molecule has 0 saturated carbocycles. The van der Waals surface area contributed by atoms with Crippen molar-refractivity contribution in [3.63, 3.8) is 0 Å². The molecule has 2 atom stereocenters. The molecule has 0 aromatic carbocycles. The van der Waals surface area contributed by atoms with E-state index in [4.69, 9.17) is 0 Å². The average molecular weight is 277 g/mol.